The number of hydrogen-bond acceptors (Lipinski definition) is 4. The number of rotatable bonds is 6. The Labute approximate surface area is 119 Å². The SMILES string of the molecule is CC(C)(C)OCCOC(=O)CNc1cccc(Cl)c1. The van der Waals surface area contributed by atoms with Crippen molar-refractivity contribution in [3.8, 4) is 0 Å². The molecule has 19 heavy (non-hydrogen) atoms. The summed E-state index contributed by atoms with van der Waals surface area (Å²) in [5.74, 6) is -0.322. The summed E-state index contributed by atoms with van der Waals surface area (Å²) in [7, 11) is 0. The summed E-state index contributed by atoms with van der Waals surface area (Å²) in [5, 5.41) is 3.56. The van der Waals surface area contributed by atoms with Crippen LogP contribution >= 0.6 is 11.6 Å². The number of ether oxygens (including phenoxy) is 2. The highest BCUT2D eigenvalue weighted by atomic mass is 35.5. The maximum absolute atomic E-state index is 11.5. The van der Waals surface area contributed by atoms with Crippen molar-refractivity contribution in [1.82, 2.24) is 0 Å². The molecule has 4 nitrogen and oxygen atoms in total. The van der Waals surface area contributed by atoms with Crippen LogP contribution in [-0.2, 0) is 14.3 Å². The number of hydrogen-bond donors (Lipinski definition) is 1. The number of nitrogens with one attached hydrogen (secondary N) is 1. The molecule has 0 atom stereocenters. The lowest BCUT2D eigenvalue weighted by molar-refractivity contribution is -0.144. The monoisotopic (exact) mass is 285 g/mol. The van der Waals surface area contributed by atoms with Crippen molar-refractivity contribution in [2.24, 2.45) is 0 Å². The maximum atomic E-state index is 11.5. The van der Waals surface area contributed by atoms with Crippen molar-refractivity contribution in [3.63, 3.8) is 0 Å². The fourth-order valence-corrected chi connectivity index (χ4v) is 1.52. The van der Waals surface area contributed by atoms with Gasteiger partial charge in [0.25, 0.3) is 0 Å². The molecule has 0 unspecified atom stereocenters. The van der Waals surface area contributed by atoms with Gasteiger partial charge in [0, 0.05) is 10.7 Å². The third kappa shape index (κ3) is 7.70. The van der Waals surface area contributed by atoms with E-state index in [9.17, 15) is 4.79 Å². The second kappa shape index (κ2) is 7.36. The van der Waals surface area contributed by atoms with E-state index in [1.165, 1.54) is 0 Å². The smallest absolute Gasteiger partial charge is 0.325 e. The third-order valence-electron chi connectivity index (χ3n) is 2.14. The van der Waals surface area contributed by atoms with Crippen LogP contribution in [0, 0.1) is 0 Å². The highest BCUT2D eigenvalue weighted by Crippen LogP contribution is 2.14. The largest absolute Gasteiger partial charge is 0.462 e. The summed E-state index contributed by atoms with van der Waals surface area (Å²) in [6, 6.07) is 7.17. The van der Waals surface area contributed by atoms with Crippen LogP contribution in [0.25, 0.3) is 0 Å². The highest BCUT2D eigenvalue weighted by molar-refractivity contribution is 6.30. The maximum Gasteiger partial charge on any atom is 0.325 e. The lowest BCUT2D eigenvalue weighted by Crippen LogP contribution is -2.24. The lowest BCUT2D eigenvalue weighted by atomic mass is 10.2. The summed E-state index contributed by atoms with van der Waals surface area (Å²) in [4.78, 5) is 11.5. The first kappa shape index (κ1) is 15.8. The van der Waals surface area contributed by atoms with Gasteiger partial charge in [0.1, 0.15) is 13.2 Å². The van der Waals surface area contributed by atoms with Crippen LogP contribution in [0.5, 0.6) is 0 Å². The van der Waals surface area contributed by atoms with Gasteiger partial charge in [-0.25, -0.2) is 0 Å². The van der Waals surface area contributed by atoms with Gasteiger partial charge < -0.3 is 14.8 Å². The molecule has 0 fully saturated rings. The minimum Gasteiger partial charge on any atom is -0.462 e. The zero-order valence-electron chi connectivity index (χ0n) is 11.5. The van der Waals surface area contributed by atoms with Crippen LogP contribution in [0.3, 0.4) is 0 Å². The molecule has 1 rings (SSSR count). The van der Waals surface area contributed by atoms with E-state index in [2.05, 4.69) is 5.32 Å². The molecule has 0 aliphatic carbocycles. The van der Waals surface area contributed by atoms with Gasteiger partial charge in [0.2, 0.25) is 0 Å². The van der Waals surface area contributed by atoms with E-state index < -0.39 is 0 Å². The molecule has 106 valence electrons. The molecule has 0 saturated carbocycles. The summed E-state index contributed by atoms with van der Waals surface area (Å²) >= 11 is 5.83. The van der Waals surface area contributed by atoms with E-state index in [1.54, 1.807) is 12.1 Å². The molecule has 1 N–H and O–H groups in total. The molecular formula is C14H20ClNO3. The predicted molar refractivity (Wildman–Crippen MR) is 76.6 cm³/mol. The van der Waals surface area contributed by atoms with Gasteiger partial charge in [-0.3, -0.25) is 4.79 Å². The number of esters is 1. The van der Waals surface area contributed by atoms with Crippen LogP contribution in [0.15, 0.2) is 24.3 Å². The van der Waals surface area contributed by atoms with Gasteiger partial charge in [0.15, 0.2) is 0 Å². The van der Waals surface area contributed by atoms with E-state index in [0.29, 0.717) is 11.6 Å². The standard InChI is InChI=1S/C14H20ClNO3/c1-14(2,3)19-8-7-18-13(17)10-16-12-6-4-5-11(15)9-12/h4-6,9,16H,7-8,10H2,1-3H3. The molecule has 0 spiro atoms. The number of carbonyl (C=O) groups is 1. The van der Waals surface area contributed by atoms with Crippen LogP contribution < -0.4 is 5.32 Å². The lowest BCUT2D eigenvalue weighted by Gasteiger charge is -2.19. The molecule has 0 bridgehead atoms. The van der Waals surface area contributed by atoms with Crippen LogP contribution in [0.2, 0.25) is 5.02 Å². The van der Waals surface area contributed by atoms with Gasteiger partial charge in [0.05, 0.1) is 12.2 Å². The van der Waals surface area contributed by atoms with Gasteiger partial charge >= 0.3 is 5.97 Å². The first-order chi connectivity index (χ1) is 8.87. The first-order valence-corrected chi connectivity index (χ1v) is 6.54. The zero-order chi connectivity index (χ0) is 14.3. The molecule has 0 heterocycles. The highest BCUT2D eigenvalue weighted by Gasteiger charge is 2.10. The Hall–Kier alpha value is -1.26. The Balaban J connectivity index is 2.18. The van der Waals surface area contributed by atoms with E-state index in [0.717, 1.165) is 5.69 Å². The van der Waals surface area contributed by atoms with E-state index in [1.807, 2.05) is 32.9 Å². The molecule has 1 aromatic carbocycles. The number of carbonyl (C=O) groups excluding carboxylic acids is 1. The van der Waals surface area contributed by atoms with E-state index in [-0.39, 0.29) is 24.7 Å². The summed E-state index contributed by atoms with van der Waals surface area (Å²) < 4.78 is 10.5. The molecule has 0 aliphatic heterocycles. The Morgan fingerprint density at radius 2 is 2.05 bits per heavy atom. The van der Waals surface area contributed by atoms with Crippen molar-refractivity contribution in [2.45, 2.75) is 26.4 Å². The second-order valence-corrected chi connectivity index (χ2v) is 5.48. The zero-order valence-corrected chi connectivity index (χ0v) is 12.3. The molecule has 1 aromatic rings. The summed E-state index contributed by atoms with van der Waals surface area (Å²) in [5.41, 5.74) is 0.571. The average molecular weight is 286 g/mol. The molecule has 0 amide bonds. The summed E-state index contributed by atoms with van der Waals surface area (Å²) in [6.45, 7) is 6.62. The minimum atomic E-state index is -0.322. The third-order valence-corrected chi connectivity index (χ3v) is 2.38. The van der Waals surface area contributed by atoms with Crippen molar-refractivity contribution in [3.05, 3.63) is 29.3 Å². The van der Waals surface area contributed by atoms with E-state index >= 15 is 0 Å². The average Bonchev–Trinajstić information content (AvgIpc) is 2.31. The van der Waals surface area contributed by atoms with E-state index in [4.69, 9.17) is 21.1 Å². The molecule has 0 radical (unpaired) electrons. The second-order valence-electron chi connectivity index (χ2n) is 5.05. The predicted octanol–water partition coefficient (Wildman–Crippen LogP) is 3.11. The fraction of sp³-hybridized carbons (Fsp3) is 0.500. The van der Waals surface area contributed by atoms with Crippen LogP contribution in [0.1, 0.15) is 20.8 Å². The Kier molecular flexibility index (Phi) is 6.12. The molecule has 0 aromatic heterocycles. The van der Waals surface area contributed by atoms with Crippen molar-refractivity contribution in [2.75, 3.05) is 25.1 Å². The van der Waals surface area contributed by atoms with Gasteiger partial charge in [-0.05, 0) is 39.0 Å². The normalized spacial score (nSPS) is 11.2. The molecule has 5 heteroatoms. The Morgan fingerprint density at radius 3 is 2.68 bits per heavy atom. The van der Waals surface area contributed by atoms with Gasteiger partial charge in [-0.15, -0.1) is 0 Å². The summed E-state index contributed by atoms with van der Waals surface area (Å²) in [6.07, 6.45) is 0. The Morgan fingerprint density at radius 1 is 1.32 bits per heavy atom. The molecular weight excluding hydrogens is 266 g/mol. The fourth-order valence-electron chi connectivity index (χ4n) is 1.33. The van der Waals surface area contributed by atoms with Gasteiger partial charge in [-0.1, -0.05) is 17.7 Å². The van der Waals surface area contributed by atoms with Crippen LogP contribution in [0.4, 0.5) is 5.69 Å². The first-order valence-electron chi connectivity index (χ1n) is 6.16. The Bertz CT molecular complexity index is 415. The molecule has 0 saturated heterocycles. The number of anilines is 1. The quantitative estimate of drug-likeness (QED) is 0.644. The van der Waals surface area contributed by atoms with Crippen molar-refractivity contribution in [1.29, 1.82) is 0 Å². The minimum absolute atomic E-state index is 0.107. The topological polar surface area (TPSA) is 47.6 Å². The van der Waals surface area contributed by atoms with Crippen molar-refractivity contribution < 1.29 is 14.3 Å². The molecule has 0 aliphatic rings. The number of halogens is 1. The number of benzene rings is 1. The van der Waals surface area contributed by atoms with Crippen molar-refractivity contribution >= 4 is 23.3 Å². The van der Waals surface area contributed by atoms with Gasteiger partial charge in [-0.2, -0.15) is 0 Å². The van der Waals surface area contributed by atoms with Crippen LogP contribution in [-0.4, -0.2) is 31.3 Å².